The number of nitrogens with zero attached hydrogens (tertiary/aromatic N) is 1. The molecule has 2 heterocycles. The molecule has 2 fully saturated rings. The lowest BCUT2D eigenvalue weighted by molar-refractivity contribution is -0.185. The Morgan fingerprint density at radius 3 is 2.24 bits per heavy atom. The first-order valence-corrected chi connectivity index (χ1v) is 9.66. The number of alkyl halides is 3. The van der Waals surface area contributed by atoms with Crippen molar-refractivity contribution >= 4 is 5.78 Å². The van der Waals surface area contributed by atoms with E-state index in [4.69, 9.17) is 9.47 Å². The van der Waals surface area contributed by atoms with Crippen molar-refractivity contribution in [2.24, 2.45) is 0 Å². The number of piperidine rings is 1. The first-order chi connectivity index (χ1) is 13.8. The molecular weight excluding hydrogens is 383 g/mol. The van der Waals surface area contributed by atoms with Gasteiger partial charge < -0.3 is 9.47 Å². The van der Waals surface area contributed by atoms with Crippen LogP contribution in [-0.4, -0.2) is 42.8 Å². The molecule has 0 unspecified atom stereocenters. The molecule has 2 aromatic carbocycles. The Morgan fingerprint density at radius 2 is 1.62 bits per heavy atom. The Kier molecular flexibility index (Phi) is 5.46. The van der Waals surface area contributed by atoms with Crippen LogP contribution in [0.3, 0.4) is 0 Å². The molecule has 4 nitrogen and oxygen atoms in total. The van der Waals surface area contributed by atoms with Crippen LogP contribution in [0, 0.1) is 0 Å². The van der Waals surface area contributed by atoms with Gasteiger partial charge >= 0.3 is 6.18 Å². The summed E-state index contributed by atoms with van der Waals surface area (Å²) in [4.78, 5) is 14.9. The quantitative estimate of drug-likeness (QED) is 0.712. The van der Waals surface area contributed by atoms with Gasteiger partial charge in [-0.1, -0.05) is 36.4 Å². The van der Waals surface area contributed by atoms with Crippen molar-refractivity contribution in [3.05, 3.63) is 70.8 Å². The fourth-order valence-electron chi connectivity index (χ4n) is 3.86. The third kappa shape index (κ3) is 4.52. The van der Waals surface area contributed by atoms with Crippen molar-refractivity contribution in [2.45, 2.75) is 31.3 Å². The highest BCUT2D eigenvalue weighted by Crippen LogP contribution is 2.32. The summed E-state index contributed by atoms with van der Waals surface area (Å²) in [6.07, 6.45) is -2.81. The van der Waals surface area contributed by atoms with E-state index in [-0.39, 0.29) is 5.56 Å². The molecule has 4 rings (SSSR count). The summed E-state index contributed by atoms with van der Waals surface area (Å²) < 4.78 is 50.1. The molecular formula is C22H22F3NO3. The van der Waals surface area contributed by atoms with Gasteiger partial charge in [0.15, 0.2) is 11.6 Å². The molecule has 0 atom stereocenters. The predicted molar refractivity (Wildman–Crippen MR) is 100 cm³/mol. The number of carbonyl (C=O) groups excluding carboxylic acids is 1. The number of hydrogen-bond acceptors (Lipinski definition) is 4. The molecule has 7 heteroatoms. The Balaban J connectivity index is 1.39. The summed E-state index contributed by atoms with van der Waals surface area (Å²) in [6.45, 7) is 3.78. The van der Waals surface area contributed by atoms with Crippen LogP contribution in [0.15, 0.2) is 48.5 Å². The van der Waals surface area contributed by atoms with Gasteiger partial charge in [-0.25, -0.2) is 0 Å². The Bertz CT molecular complexity index is 864. The highest BCUT2D eigenvalue weighted by atomic mass is 19.4. The number of carbonyl (C=O) groups is 1. The van der Waals surface area contributed by atoms with Crippen LogP contribution in [0.1, 0.15) is 39.9 Å². The minimum atomic E-state index is -4.47. The number of hydrogen-bond donors (Lipinski definition) is 0. The smallest absolute Gasteiger partial charge is 0.347 e. The van der Waals surface area contributed by atoms with Gasteiger partial charge in [-0.2, -0.15) is 13.2 Å². The number of benzene rings is 2. The summed E-state index contributed by atoms with van der Waals surface area (Å²) in [7, 11) is 0. The SMILES string of the molecule is O=C(c1ccc(CN2CCC3(CC2)OCCO3)cc1)c1cccc(C(F)(F)F)c1. The van der Waals surface area contributed by atoms with Gasteiger partial charge in [-0.05, 0) is 17.7 Å². The van der Waals surface area contributed by atoms with Crippen molar-refractivity contribution in [1.29, 1.82) is 0 Å². The molecule has 0 amide bonds. The van der Waals surface area contributed by atoms with E-state index < -0.39 is 23.3 Å². The number of rotatable bonds is 4. The number of ether oxygens (including phenoxy) is 2. The van der Waals surface area contributed by atoms with Crippen molar-refractivity contribution in [1.82, 2.24) is 4.90 Å². The van der Waals surface area contributed by atoms with Gasteiger partial charge in [-0.3, -0.25) is 9.69 Å². The van der Waals surface area contributed by atoms with Crippen molar-refractivity contribution < 1.29 is 27.4 Å². The zero-order valence-corrected chi connectivity index (χ0v) is 15.9. The maximum absolute atomic E-state index is 12.9. The fourth-order valence-corrected chi connectivity index (χ4v) is 3.86. The largest absolute Gasteiger partial charge is 0.416 e. The molecule has 29 heavy (non-hydrogen) atoms. The third-order valence-electron chi connectivity index (χ3n) is 5.51. The average molecular weight is 405 g/mol. The maximum Gasteiger partial charge on any atom is 0.416 e. The van der Waals surface area contributed by atoms with Gasteiger partial charge in [0.25, 0.3) is 0 Å². The maximum atomic E-state index is 12.9. The Hall–Kier alpha value is -2.22. The number of likely N-dealkylation sites (tertiary alicyclic amines) is 1. The minimum Gasteiger partial charge on any atom is -0.347 e. The molecule has 0 N–H and O–H groups in total. The molecule has 0 aliphatic carbocycles. The Labute approximate surface area is 167 Å². The lowest BCUT2D eigenvalue weighted by atomic mass is 9.99. The van der Waals surface area contributed by atoms with Gasteiger partial charge in [0, 0.05) is 43.6 Å². The molecule has 0 radical (unpaired) electrons. The van der Waals surface area contributed by atoms with Crippen LogP contribution in [0.2, 0.25) is 0 Å². The highest BCUT2D eigenvalue weighted by Gasteiger charge is 2.39. The van der Waals surface area contributed by atoms with Crippen LogP contribution in [0.5, 0.6) is 0 Å². The summed E-state index contributed by atoms with van der Waals surface area (Å²) >= 11 is 0. The molecule has 0 aromatic heterocycles. The number of ketones is 1. The second-order valence-corrected chi connectivity index (χ2v) is 7.49. The first kappa shape index (κ1) is 20.1. The first-order valence-electron chi connectivity index (χ1n) is 9.66. The van der Waals surface area contributed by atoms with Gasteiger partial charge in [0.1, 0.15) is 0 Å². The van der Waals surface area contributed by atoms with E-state index in [1.807, 2.05) is 12.1 Å². The van der Waals surface area contributed by atoms with Crippen LogP contribution in [-0.2, 0) is 22.2 Å². The monoisotopic (exact) mass is 405 g/mol. The lowest BCUT2D eigenvalue weighted by Crippen LogP contribution is -2.44. The standard InChI is InChI=1S/C22H22F3NO3/c23-22(24,25)19-3-1-2-18(14-19)20(27)17-6-4-16(5-7-17)15-26-10-8-21(9-11-26)28-12-13-29-21/h1-7,14H,8-13,15H2. The summed E-state index contributed by atoms with van der Waals surface area (Å²) in [5.41, 5.74) is 0.636. The van der Waals surface area contributed by atoms with Crippen LogP contribution >= 0.6 is 0 Å². The second-order valence-electron chi connectivity index (χ2n) is 7.49. The van der Waals surface area contributed by atoms with E-state index in [2.05, 4.69) is 4.90 Å². The molecule has 2 aromatic rings. The summed E-state index contributed by atoms with van der Waals surface area (Å²) in [6, 6.07) is 11.6. The fraction of sp³-hybridized carbons (Fsp3) is 0.409. The minimum absolute atomic E-state index is 0.0328. The van der Waals surface area contributed by atoms with E-state index in [0.29, 0.717) is 18.8 Å². The van der Waals surface area contributed by atoms with Gasteiger partial charge in [0.05, 0.1) is 18.8 Å². The Morgan fingerprint density at radius 1 is 0.966 bits per heavy atom. The second kappa shape index (κ2) is 7.89. The molecule has 1 spiro atoms. The average Bonchev–Trinajstić information content (AvgIpc) is 3.17. The summed E-state index contributed by atoms with van der Waals surface area (Å²) in [5, 5.41) is 0. The normalized spacial score (nSPS) is 19.6. The third-order valence-corrected chi connectivity index (χ3v) is 5.51. The molecule has 0 bridgehead atoms. The van der Waals surface area contributed by atoms with Crippen molar-refractivity contribution in [2.75, 3.05) is 26.3 Å². The van der Waals surface area contributed by atoms with E-state index >= 15 is 0 Å². The molecule has 154 valence electrons. The molecule has 2 saturated heterocycles. The van der Waals surface area contributed by atoms with Crippen molar-refractivity contribution in [3.63, 3.8) is 0 Å². The number of halogens is 3. The molecule has 2 aliphatic heterocycles. The topological polar surface area (TPSA) is 38.8 Å². The van der Waals surface area contributed by atoms with E-state index in [1.54, 1.807) is 12.1 Å². The molecule has 2 aliphatic rings. The van der Waals surface area contributed by atoms with Crippen LogP contribution in [0.4, 0.5) is 13.2 Å². The van der Waals surface area contributed by atoms with Crippen LogP contribution < -0.4 is 0 Å². The van der Waals surface area contributed by atoms with E-state index in [0.717, 1.165) is 50.2 Å². The van der Waals surface area contributed by atoms with Gasteiger partial charge in [-0.15, -0.1) is 0 Å². The van der Waals surface area contributed by atoms with Gasteiger partial charge in [0.2, 0.25) is 0 Å². The van der Waals surface area contributed by atoms with E-state index in [9.17, 15) is 18.0 Å². The predicted octanol–water partition coefficient (Wildman–Crippen LogP) is 4.28. The zero-order chi connectivity index (χ0) is 20.5. The lowest BCUT2D eigenvalue weighted by Gasteiger charge is -2.37. The highest BCUT2D eigenvalue weighted by molar-refractivity contribution is 6.09. The van der Waals surface area contributed by atoms with E-state index in [1.165, 1.54) is 12.1 Å². The molecule has 0 saturated carbocycles. The van der Waals surface area contributed by atoms with Crippen molar-refractivity contribution in [3.8, 4) is 0 Å². The zero-order valence-electron chi connectivity index (χ0n) is 15.9. The van der Waals surface area contributed by atoms with Crippen LogP contribution in [0.25, 0.3) is 0 Å². The summed E-state index contributed by atoms with van der Waals surface area (Å²) in [5.74, 6) is -0.823.